The molecule has 0 spiro atoms. The van der Waals surface area contributed by atoms with Gasteiger partial charge < -0.3 is 9.84 Å². The number of Topliss-reactive ketones (excluding diaryl/α,β-unsaturated/α-hetero) is 1. The molecule has 1 rings (SSSR count). The molecule has 0 aromatic rings. The van der Waals surface area contributed by atoms with Gasteiger partial charge in [0.05, 0.1) is 12.7 Å². The van der Waals surface area contributed by atoms with Crippen molar-refractivity contribution in [1.29, 1.82) is 0 Å². The summed E-state index contributed by atoms with van der Waals surface area (Å²) in [5, 5.41) is 10.3. The Morgan fingerprint density at radius 3 is 2.66 bits per heavy atom. The largest absolute Gasteiger partial charge is 0.463 e. The van der Waals surface area contributed by atoms with E-state index in [2.05, 4.69) is 13.8 Å². The van der Waals surface area contributed by atoms with Crippen molar-refractivity contribution < 1.29 is 19.4 Å². The van der Waals surface area contributed by atoms with Crippen molar-refractivity contribution in [2.45, 2.75) is 117 Å². The summed E-state index contributed by atoms with van der Waals surface area (Å²) >= 11 is 0. The molecule has 0 heterocycles. The lowest BCUT2D eigenvalue weighted by molar-refractivity contribution is -0.137. The smallest absolute Gasteiger partial charge is 0.330 e. The second-order valence-electron chi connectivity index (χ2n) is 8.91. The molecule has 1 unspecified atom stereocenters. The highest BCUT2D eigenvalue weighted by molar-refractivity contribution is 5.86. The first kappa shape index (κ1) is 25.9. The quantitative estimate of drug-likeness (QED) is 0.189. The fourth-order valence-corrected chi connectivity index (χ4v) is 4.59. The van der Waals surface area contributed by atoms with Gasteiger partial charge in [0.2, 0.25) is 0 Å². The molecule has 0 aromatic heterocycles. The van der Waals surface area contributed by atoms with E-state index in [1.54, 1.807) is 6.92 Å². The molecule has 1 aliphatic rings. The number of esters is 1. The molecule has 0 amide bonds. The highest BCUT2D eigenvalue weighted by Gasteiger charge is 2.44. The maximum absolute atomic E-state index is 12.6. The van der Waals surface area contributed by atoms with Crippen molar-refractivity contribution in [3.05, 3.63) is 12.2 Å². The summed E-state index contributed by atoms with van der Waals surface area (Å²) in [5.74, 6) is 0.521. The minimum atomic E-state index is -0.283. The van der Waals surface area contributed by atoms with Crippen LogP contribution in [0.5, 0.6) is 0 Å². The van der Waals surface area contributed by atoms with Crippen molar-refractivity contribution >= 4 is 11.8 Å². The monoisotopic (exact) mass is 408 g/mol. The minimum Gasteiger partial charge on any atom is -0.463 e. The first-order chi connectivity index (χ1) is 13.9. The summed E-state index contributed by atoms with van der Waals surface area (Å²) in [5.41, 5.74) is -0.230. The third kappa shape index (κ3) is 9.93. The van der Waals surface area contributed by atoms with Crippen LogP contribution in [0.15, 0.2) is 12.2 Å². The lowest BCUT2D eigenvalue weighted by atomic mass is 9.73. The van der Waals surface area contributed by atoms with Gasteiger partial charge in [0.25, 0.3) is 0 Å². The Bertz CT molecular complexity index is 499. The van der Waals surface area contributed by atoms with E-state index < -0.39 is 0 Å². The van der Waals surface area contributed by atoms with E-state index in [1.807, 2.05) is 6.08 Å². The summed E-state index contributed by atoms with van der Waals surface area (Å²) in [6.07, 6.45) is 17.4. The minimum absolute atomic E-state index is 0.218. The Balaban J connectivity index is 2.30. The Kier molecular flexibility index (Phi) is 13.2. The van der Waals surface area contributed by atoms with Crippen molar-refractivity contribution in [2.75, 3.05) is 6.61 Å². The Morgan fingerprint density at radius 1 is 1.17 bits per heavy atom. The second kappa shape index (κ2) is 14.8. The van der Waals surface area contributed by atoms with Gasteiger partial charge in [-0.05, 0) is 57.8 Å². The zero-order valence-corrected chi connectivity index (χ0v) is 19.1. The van der Waals surface area contributed by atoms with Crippen LogP contribution in [0.4, 0.5) is 0 Å². The molecule has 0 saturated heterocycles. The van der Waals surface area contributed by atoms with Crippen molar-refractivity contribution in [1.82, 2.24) is 0 Å². The fraction of sp³-hybridized carbons (Fsp3) is 0.840. The number of aliphatic hydroxyl groups is 1. The zero-order chi connectivity index (χ0) is 21.5. The number of unbranched alkanes of at least 4 members (excludes halogenated alkanes) is 6. The van der Waals surface area contributed by atoms with E-state index in [9.17, 15) is 14.7 Å². The predicted molar refractivity (Wildman–Crippen MR) is 119 cm³/mol. The molecular weight excluding hydrogens is 364 g/mol. The van der Waals surface area contributed by atoms with Crippen molar-refractivity contribution in [2.24, 2.45) is 11.3 Å². The highest BCUT2D eigenvalue weighted by Crippen LogP contribution is 2.46. The summed E-state index contributed by atoms with van der Waals surface area (Å²) in [4.78, 5) is 23.9. The van der Waals surface area contributed by atoms with Crippen LogP contribution in [-0.2, 0) is 14.3 Å². The third-order valence-corrected chi connectivity index (χ3v) is 6.60. The van der Waals surface area contributed by atoms with E-state index in [-0.39, 0.29) is 17.5 Å². The van der Waals surface area contributed by atoms with Crippen molar-refractivity contribution in [3.8, 4) is 0 Å². The van der Waals surface area contributed by atoms with E-state index in [0.29, 0.717) is 24.7 Å². The molecule has 168 valence electrons. The average Bonchev–Trinajstić information content (AvgIpc) is 2.97. The Morgan fingerprint density at radius 2 is 1.93 bits per heavy atom. The number of aliphatic hydroxyl groups excluding tert-OH is 1. The maximum Gasteiger partial charge on any atom is 0.330 e. The van der Waals surface area contributed by atoms with Gasteiger partial charge in [-0.25, -0.2) is 4.79 Å². The first-order valence-corrected chi connectivity index (χ1v) is 12.0. The summed E-state index contributed by atoms with van der Waals surface area (Å²) in [7, 11) is 0. The van der Waals surface area contributed by atoms with Gasteiger partial charge in [-0.2, -0.15) is 0 Å². The zero-order valence-electron chi connectivity index (χ0n) is 19.1. The molecule has 1 N–H and O–H groups in total. The molecule has 0 aromatic carbocycles. The molecule has 1 saturated carbocycles. The van der Waals surface area contributed by atoms with Crippen LogP contribution in [0.2, 0.25) is 0 Å². The number of carbonyl (C=O) groups excluding carboxylic acids is 2. The fourth-order valence-electron chi connectivity index (χ4n) is 4.59. The van der Waals surface area contributed by atoms with Crippen molar-refractivity contribution in [3.63, 3.8) is 0 Å². The summed E-state index contributed by atoms with van der Waals surface area (Å²) < 4.78 is 4.87. The molecule has 0 radical (unpaired) electrons. The van der Waals surface area contributed by atoms with Gasteiger partial charge in [-0.3, -0.25) is 4.79 Å². The molecule has 1 aliphatic carbocycles. The number of ketones is 1. The van der Waals surface area contributed by atoms with Crippen LogP contribution in [0.3, 0.4) is 0 Å². The molecule has 29 heavy (non-hydrogen) atoms. The van der Waals surface area contributed by atoms with E-state index in [1.165, 1.54) is 31.8 Å². The van der Waals surface area contributed by atoms with Crippen LogP contribution >= 0.6 is 0 Å². The number of carbonyl (C=O) groups is 2. The van der Waals surface area contributed by atoms with E-state index in [4.69, 9.17) is 4.74 Å². The van der Waals surface area contributed by atoms with Gasteiger partial charge in [-0.15, -0.1) is 0 Å². The third-order valence-electron chi connectivity index (χ3n) is 6.60. The highest BCUT2D eigenvalue weighted by atomic mass is 16.5. The average molecular weight is 409 g/mol. The van der Waals surface area contributed by atoms with Crippen LogP contribution in [0.1, 0.15) is 111 Å². The lowest BCUT2D eigenvalue weighted by Gasteiger charge is -2.31. The van der Waals surface area contributed by atoms with Crippen LogP contribution in [0, 0.1) is 11.3 Å². The van der Waals surface area contributed by atoms with E-state index in [0.717, 1.165) is 57.8 Å². The topological polar surface area (TPSA) is 63.6 Å². The number of allylic oxidation sites excluding steroid dienone is 1. The summed E-state index contributed by atoms with van der Waals surface area (Å²) in [6.45, 7) is 6.56. The van der Waals surface area contributed by atoms with Gasteiger partial charge in [-0.1, -0.05) is 58.4 Å². The van der Waals surface area contributed by atoms with Gasteiger partial charge >= 0.3 is 5.97 Å². The standard InChI is InChI=1S/C25H44O4/c1-4-6-7-8-11-14-22(26)18-16-21-17-19-23(27)25(21,3)20-13-10-9-12-15-24(28)29-5-2/h12,15,21-22,26H,4-11,13-14,16-20H2,1-3H3/t21-,22?,25+/m0/s1. The molecule has 4 nitrogen and oxygen atoms in total. The maximum atomic E-state index is 12.6. The van der Waals surface area contributed by atoms with E-state index >= 15 is 0 Å². The molecular formula is C25H44O4. The molecule has 0 aliphatic heterocycles. The number of rotatable bonds is 16. The second-order valence-corrected chi connectivity index (χ2v) is 8.91. The first-order valence-electron chi connectivity index (χ1n) is 12.0. The Hall–Kier alpha value is -1.16. The molecule has 4 heteroatoms. The lowest BCUT2D eigenvalue weighted by Crippen LogP contribution is -2.29. The van der Waals surface area contributed by atoms with Crippen LogP contribution in [0.25, 0.3) is 0 Å². The SMILES string of the molecule is CCCCCCCC(O)CC[C@H]1CCC(=O)[C@]1(C)CCCCC=CC(=O)OCC. The number of hydrogen-bond donors (Lipinski definition) is 1. The van der Waals surface area contributed by atoms with Gasteiger partial charge in [0.15, 0.2) is 0 Å². The van der Waals surface area contributed by atoms with Crippen LogP contribution < -0.4 is 0 Å². The molecule has 1 fully saturated rings. The predicted octanol–water partition coefficient (Wildman–Crippen LogP) is 6.15. The van der Waals surface area contributed by atoms with Gasteiger partial charge in [0, 0.05) is 17.9 Å². The van der Waals surface area contributed by atoms with Crippen LogP contribution in [-0.4, -0.2) is 29.6 Å². The summed E-state index contributed by atoms with van der Waals surface area (Å²) in [6, 6.07) is 0. The normalized spacial score (nSPS) is 23.0. The molecule has 3 atom stereocenters. The molecule has 0 bridgehead atoms. The number of ether oxygens (including phenoxy) is 1. The number of hydrogen-bond acceptors (Lipinski definition) is 4. The van der Waals surface area contributed by atoms with Gasteiger partial charge in [0.1, 0.15) is 5.78 Å². The Labute approximate surface area is 178 Å².